The first kappa shape index (κ1) is 19.8. The van der Waals surface area contributed by atoms with Gasteiger partial charge < -0.3 is 10.2 Å². The van der Waals surface area contributed by atoms with E-state index < -0.39 is 27.5 Å². The number of ketones is 1. The van der Waals surface area contributed by atoms with Gasteiger partial charge in [0, 0.05) is 22.3 Å². The SMILES string of the molecule is O=C(O)C(=O)C=C(O)c1cccc(NS(=O)(=O)c2cc(Cl)ccc2Cl)c1. The molecule has 0 heterocycles. The molecule has 0 radical (unpaired) electrons. The van der Waals surface area contributed by atoms with Gasteiger partial charge in [-0.05, 0) is 30.3 Å². The van der Waals surface area contributed by atoms with E-state index in [9.17, 15) is 23.1 Å². The fourth-order valence-electron chi connectivity index (χ4n) is 1.90. The minimum Gasteiger partial charge on any atom is -0.507 e. The summed E-state index contributed by atoms with van der Waals surface area (Å²) in [5.74, 6) is -3.68. The summed E-state index contributed by atoms with van der Waals surface area (Å²) in [7, 11) is -4.07. The lowest BCUT2D eigenvalue weighted by Gasteiger charge is -2.11. The second-order valence-electron chi connectivity index (χ2n) is 4.96. The highest BCUT2D eigenvalue weighted by Crippen LogP contribution is 2.27. The molecular formula is C16H11Cl2NO6S. The number of carboxylic acids is 1. The third kappa shape index (κ3) is 4.75. The van der Waals surface area contributed by atoms with Gasteiger partial charge in [-0.2, -0.15) is 0 Å². The Morgan fingerprint density at radius 3 is 2.38 bits per heavy atom. The minimum atomic E-state index is -4.07. The van der Waals surface area contributed by atoms with Crippen molar-refractivity contribution in [3.8, 4) is 0 Å². The third-order valence-electron chi connectivity index (χ3n) is 3.07. The molecule has 0 aromatic heterocycles. The molecule has 0 atom stereocenters. The van der Waals surface area contributed by atoms with Crippen molar-refractivity contribution in [1.82, 2.24) is 0 Å². The fraction of sp³-hybridized carbons (Fsp3) is 0. The average Bonchev–Trinajstić information content (AvgIpc) is 2.56. The molecule has 0 aliphatic heterocycles. The molecule has 0 bridgehead atoms. The summed E-state index contributed by atoms with van der Waals surface area (Å²) in [6.45, 7) is 0. The first-order chi connectivity index (χ1) is 12.1. The molecule has 10 heteroatoms. The number of carboxylic acid groups (broad SMARTS) is 1. The van der Waals surface area contributed by atoms with E-state index in [4.69, 9.17) is 28.3 Å². The van der Waals surface area contributed by atoms with Gasteiger partial charge in [-0.15, -0.1) is 0 Å². The molecular weight excluding hydrogens is 405 g/mol. The highest BCUT2D eigenvalue weighted by molar-refractivity contribution is 7.92. The Labute approximate surface area is 158 Å². The van der Waals surface area contributed by atoms with Crippen LogP contribution in [-0.4, -0.2) is 30.4 Å². The van der Waals surface area contributed by atoms with E-state index >= 15 is 0 Å². The summed E-state index contributed by atoms with van der Waals surface area (Å²) in [4.78, 5) is 21.4. The molecule has 3 N–H and O–H groups in total. The van der Waals surface area contributed by atoms with Crippen LogP contribution in [0.4, 0.5) is 5.69 Å². The Morgan fingerprint density at radius 2 is 1.73 bits per heavy atom. The smallest absolute Gasteiger partial charge is 0.376 e. The summed E-state index contributed by atoms with van der Waals surface area (Å²) in [6, 6.07) is 9.34. The van der Waals surface area contributed by atoms with Crippen molar-refractivity contribution >= 4 is 56.4 Å². The van der Waals surface area contributed by atoms with Crippen molar-refractivity contribution in [2.75, 3.05) is 4.72 Å². The lowest BCUT2D eigenvalue weighted by molar-refractivity contribution is -0.146. The van der Waals surface area contributed by atoms with E-state index in [1.165, 1.54) is 42.5 Å². The van der Waals surface area contributed by atoms with Crippen LogP contribution in [0, 0.1) is 0 Å². The van der Waals surface area contributed by atoms with Gasteiger partial charge in [0.2, 0.25) is 0 Å². The van der Waals surface area contributed by atoms with Gasteiger partial charge in [0.15, 0.2) is 0 Å². The number of hydrogen-bond donors (Lipinski definition) is 3. The molecule has 0 amide bonds. The number of sulfonamides is 1. The second-order valence-corrected chi connectivity index (χ2v) is 7.45. The van der Waals surface area contributed by atoms with Crippen molar-refractivity contribution in [1.29, 1.82) is 0 Å². The Morgan fingerprint density at radius 1 is 1.04 bits per heavy atom. The fourth-order valence-corrected chi connectivity index (χ4v) is 3.72. The van der Waals surface area contributed by atoms with Crippen LogP contribution in [0.25, 0.3) is 5.76 Å². The van der Waals surface area contributed by atoms with Crippen LogP contribution < -0.4 is 4.72 Å². The zero-order valence-electron chi connectivity index (χ0n) is 12.8. The van der Waals surface area contributed by atoms with Crippen molar-refractivity contribution < 1.29 is 28.2 Å². The quantitative estimate of drug-likeness (QED) is 0.377. The normalized spacial score (nSPS) is 11.8. The van der Waals surface area contributed by atoms with Gasteiger partial charge in [-0.25, -0.2) is 13.2 Å². The van der Waals surface area contributed by atoms with E-state index in [-0.39, 0.29) is 26.2 Å². The van der Waals surface area contributed by atoms with Gasteiger partial charge in [0.25, 0.3) is 15.8 Å². The van der Waals surface area contributed by atoms with E-state index in [2.05, 4.69) is 4.72 Å². The summed E-state index contributed by atoms with van der Waals surface area (Å²) in [6.07, 6.45) is 0.518. The number of aliphatic hydroxyl groups excluding tert-OH is 1. The second kappa shape index (κ2) is 7.77. The zero-order valence-corrected chi connectivity index (χ0v) is 15.1. The lowest BCUT2D eigenvalue weighted by atomic mass is 10.1. The van der Waals surface area contributed by atoms with Crippen LogP contribution in [0.3, 0.4) is 0 Å². The molecule has 136 valence electrons. The van der Waals surface area contributed by atoms with Crippen LogP contribution in [-0.2, 0) is 19.6 Å². The zero-order chi connectivity index (χ0) is 19.5. The molecule has 7 nitrogen and oxygen atoms in total. The van der Waals surface area contributed by atoms with Crippen molar-refractivity contribution in [2.45, 2.75) is 4.90 Å². The monoisotopic (exact) mass is 415 g/mol. The predicted octanol–water partition coefficient (Wildman–Crippen LogP) is 3.35. The number of aliphatic hydroxyl groups is 1. The Balaban J connectivity index is 2.35. The van der Waals surface area contributed by atoms with E-state index in [0.717, 1.165) is 0 Å². The molecule has 0 saturated heterocycles. The predicted molar refractivity (Wildman–Crippen MR) is 97.0 cm³/mol. The highest BCUT2D eigenvalue weighted by atomic mass is 35.5. The van der Waals surface area contributed by atoms with Gasteiger partial charge in [-0.3, -0.25) is 9.52 Å². The van der Waals surface area contributed by atoms with E-state index in [1.807, 2.05) is 0 Å². The van der Waals surface area contributed by atoms with Crippen molar-refractivity contribution in [3.05, 3.63) is 64.1 Å². The maximum absolute atomic E-state index is 12.5. The summed E-state index contributed by atoms with van der Waals surface area (Å²) < 4.78 is 27.2. The lowest BCUT2D eigenvalue weighted by Crippen LogP contribution is -2.13. The highest BCUT2D eigenvalue weighted by Gasteiger charge is 2.19. The number of nitrogens with one attached hydrogen (secondary N) is 1. The summed E-state index contributed by atoms with van der Waals surface area (Å²) in [5.41, 5.74) is 0.0956. The van der Waals surface area contributed by atoms with E-state index in [1.54, 1.807) is 0 Å². The topological polar surface area (TPSA) is 121 Å². The number of benzene rings is 2. The Bertz CT molecular complexity index is 1020. The molecule has 2 aromatic carbocycles. The molecule has 0 aliphatic rings. The van der Waals surface area contributed by atoms with Gasteiger partial charge in [0.05, 0.1) is 5.02 Å². The molecule has 0 aliphatic carbocycles. The number of carbonyl (C=O) groups excluding carboxylic acids is 1. The van der Waals surface area contributed by atoms with Crippen LogP contribution in [0.5, 0.6) is 0 Å². The van der Waals surface area contributed by atoms with Gasteiger partial charge in [0.1, 0.15) is 10.7 Å². The molecule has 0 unspecified atom stereocenters. The first-order valence-electron chi connectivity index (χ1n) is 6.86. The summed E-state index contributed by atoms with van der Waals surface area (Å²) in [5, 5.41) is 18.5. The molecule has 0 saturated carbocycles. The maximum Gasteiger partial charge on any atom is 0.376 e. The largest absolute Gasteiger partial charge is 0.507 e. The van der Waals surface area contributed by atoms with Gasteiger partial charge in [-0.1, -0.05) is 35.3 Å². The number of halogens is 2. The molecule has 0 fully saturated rings. The first-order valence-corrected chi connectivity index (χ1v) is 9.10. The minimum absolute atomic E-state index is 0.0344. The van der Waals surface area contributed by atoms with Crippen LogP contribution in [0.15, 0.2) is 53.4 Å². The summed E-state index contributed by atoms with van der Waals surface area (Å²) >= 11 is 11.7. The number of carbonyl (C=O) groups is 2. The van der Waals surface area contributed by atoms with Gasteiger partial charge >= 0.3 is 5.97 Å². The molecule has 26 heavy (non-hydrogen) atoms. The number of hydrogen-bond acceptors (Lipinski definition) is 5. The van der Waals surface area contributed by atoms with E-state index in [0.29, 0.717) is 6.08 Å². The van der Waals surface area contributed by atoms with Crippen LogP contribution in [0.1, 0.15) is 5.56 Å². The molecule has 2 rings (SSSR count). The van der Waals surface area contributed by atoms with Crippen LogP contribution >= 0.6 is 23.2 Å². The van der Waals surface area contributed by atoms with Crippen LogP contribution in [0.2, 0.25) is 10.0 Å². The number of anilines is 1. The Kier molecular flexibility index (Phi) is 5.91. The average molecular weight is 416 g/mol. The maximum atomic E-state index is 12.5. The molecule has 0 spiro atoms. The molecule has 2 aromatic rings. The number of rotatable bonds is 6. The van der Waals surface area contributed by atoms with Crippen molar-refractivity contribution in [3.63, 3.8) is 0 Å². The number of aliphatic carboxylic acids is 1. The van der Waals surface area contributed by atoms with Crippen molar-refractivity contribution in [2.24, 2.45) is 0 Å². The Hall–Kier alpha value is -2.55. The standard InChI is InChI=1S/C16H11Cl2NO6S/c17-10-4-5-12(18)15(7-10)26(24,25)19-11-3-1-2-9(6-11)13(20)8-14(21)16(22)23/h1-8,19-20H,(H,22,23). The third-order valence-corrected chi connectivity index (χ3v) is 5.17.